The fourth-order valence-corrected chi connectivity index (χ4v) is 5.72. The number of sulfonamides is 1. The molecule has 0 radical (unpaired) electrons. The van der Waals surface area contributed by atoms with E-state index in [4.69, 9.17) is 4.74 Å². The van der Waals surface area contributed by atoms with Gasteiger partial charge in [0.05, 0.1) is 12.0 Å². The standard InChI is InChI=1S/C22H24N2O5S/c1-29-22(26)19(14-16-8-5-7-15-13-18(15)16)23-21(25)20-11-6-12-24(20)30(27,28)17-9-3-2-4-10-17/h2-5,7-10,19-20H,6,11-14H2,1H3,(H,23,25)/t19-,20-/m0/s1. The third-order valence-electron chi connectivity index (χ3n) is 5.69. The lowest BCUT2D eigenvalue weighted by Crippen LogP contribution is -2.51. The van der Waals surface area contributed by atoms with Gasteiger partial charge in [-0.05, 0) is 48.1 Å². The highest BCUT2D eigenvalue weighted by Crippen LogP contribution is 2.32. The summed E-state index contributed by atoms with van der Waals surface area (Å²) in [7, 11) is -2.52. The average molecular weight is 429 g/mol. The van der Waals surface area contributed by atoms with E-state index in [0.29, 0.717) is 19.3 Å². The maximum atomic E-state index is 13.0. The summed E-state index contributed by atoms with van der Waals surface area (Å²) >= 11 is 0. The van der Waals surface area contributed by atoms with Crippen LogP contribution in [0.4, 0.5) is 0 Å². The number of methoxy groups -OCH3 is 1. The summed E-state index contributed by atoms with van der Waals surface area (Å²) in [4.78, 5) is 25.5. The molecule has 0 unspecified atom stereocenters. The minimum atomic E-state index is -3.80. The highest BCUT2D eigenvalue weighted by molar-refractivity contribution is 7.89. The van der Waals surface area contributed by atoms with E-state index in [2.05, 4.69) is 5.32 Å². The average Bonchev–Trinajstić information content (AvgIpc) is 3.39. The van der Waals surface area contributed by atoms with E-state index in [1.165, 1.54) is 34.7 Å². The molecule has 7 nitrogen and oxygen atoms in total. The number of hydrogen-bond acceptors (Lipinski definition) is 5. The molecule has 4 rings (SSSR count). The molecule has 1 amide bonds. The van der Waals surface area contributed by atoms with E-state index >= 15 is 0 Å². The number of carbonyl (C=O) groups is 2. The van der Waals surface area contributed by atoms with Gasteiger partial charge >= 0.3 is 5.97 Å². The van der Waals surface area contributed by atoms with E-state index in [9.17, 15) is 18.0 Å². The molecule has 0 saturated carbocycles. The normalized spacial score (nSPS) is 19.0. The van der Waals surface area contributed by atoms with Gasteiger partial charge in [0.1, 0.15) is 12.1 Å². The van der Waals surface area contributed by atoms with Gasteiger partial charge in [0, 0.05) is 13.0 Å². The lowest BCUT2D eigenvalue weighted by Gasteiger charge is -2.25. The molecule has 30 heavy (non-hydrogen) atoms. The summed E-state index contributed by atoms with van der Waals surface area (Å²) < 4.78 is 32.2. The topological polar surface area (TPSA) is 92.8 Å². The number of ether oxygens (including phenoxy) is 1. The molecule has 0 aromatic heterocycles. The number of rotatable bonds is 7. The first kappa shape index (κ1) is 20.6. The molecule has 1 heterocycles. The van der Waals surface area contributed by atoms with Crippen LogP contribution in [-0.2, 0) is 37.2 Å². The van der Waals surface area contributed by atoms with Gasteiger partial charge in [0.15, 0.2) is 0 Å². The smallest absolute Gasteiger partial charge is 0.328 e. The minimum Gasteiger partial charge on any atom is -0.467 e. The molecule has 1 saturated heterocycles. The molecule has 8 heteroatoms. The number of hydrogen-bond donors (Lipinski definition) is 1. The first-order valence-corrected chi connectivity index (χ1v) is 11.4. The quantitative estimate of drug-likeness (QED) is 0.578. The molecule has 1 aliphatic carbocycles. The maximum absolute atomic E-state index is 13.0. The highest BCUT2D eigenvalue weighted by Gasteiger charge is 2.40. The molecule has 2 aliphatic rings. The Hall–Kier alpha value is -2.71. The second kappa shape index (κ2) is 8.20. The first-order chi connectivity index (χ1) is 14.4. The summed E-state index contributed by atoms with van der Waals surface area (Å²) in [6.45, 7) is 0.268. The van der Waals surface area contributed by atoms with Crippen LogP contribution in [0.3, 0.4) is 0 Å². The second-order valence-corrected chi connectivity index (χ2v) is 9.50. The van der Waals surface area contributed by atoms with Crippen molar-refractivity contribution in [1.29, 1.82) is 0 Å². The van der Waals surface area contributed by atoms with Gasteiger partial charge in [-0.1, -0.05) is 36.4 Å². The van der Waals surface area contributed by atoms with Crippen LogP contribution in [0, 0.1) is 0 Å². The maximum Gasteiger partial charge on any atom is 0.328 e. The molecular weight excluding hydrogens is 404 g/mol. The summed E-state index contributed by atoms with van der Waals surface area (Å²) in [5.41, 5.74) is 3.46. The van der Waals surface area contributed by atoms with E-state index in [1.807, 2.05) is 18.2 Å². The highest BCUT2D eigenvalue weighted by atomic mass is 32.2. The van der Waals surface area contributed by atoms with Crippen molar-refractivity contribution < 1.29 is 22.7 Å². The van der Waals surface area contributed by atoms with Crippen LogP contribution < -0.4 is 5.32 Å². The van der Waals surface area contributed by atoms with Gasteiger partial charge in [0.25, 0.3) is 0 Å². The largest absolute Gasteiger partial charge is 0.467 e. The summed E-state index contributed by atoms with van der Waals surface area (Å²) in [5.74, 6) is -1.02. The molecule has 2 aromatic carbocycles. The predicted octanol–water partition coefficient (Wildman–Crippen LogP) is 1.64. The molecule has 0 bridgehead atoms. The minimum absolute atomic E-state index is 0.154. The van der Waals surface area contributed by atoms with Crippen molar-refractivity contribution in [2.75, 3.05) is 13.7 Å². The molecule has 2 aromatic rings. The third-order valence-corrected chi connectivity index (χ3v) is 7.62. The van der Waals surface area contributed by atoms with Crippen molar-refractivity contribution >= 4 is 21.9 Å². The Kier molecular flexibility index (Phi) is 5.62. The Morgan fingerprint density at radius 2 is 1.93 bits per heavy atom. The van der Waals surface area contributed by atoms with Crippen molar-refractivity contribution in [3.63, 3.8) is 0 Å². The van der Waals surface area contributed by atoms with Crippen LogP contribution in [-0.4, -0.2) is 50.3 Å². The zero-order chi connectivity index (χ0) is 21.3. The van der Waals surface area contributed by atoms with Crippen LogP contribution in [0.5, 0.6) is 0 Å². The fraction of sp³-hybridized carbons (Fsp3) is 0.364. The number of nitrogens with zero attached hydrogens (tertiary/aromatic N) is 1. The first-order valence-electron chi connectivity index (χ1n) is 9.96. The van der Waals surface area contributed by atoms with Crippen LogP contribution in [0.2, 0.25) is 0 Å². The number of benzene rings is 2. The van der Waals surface area contributed by atoms with Gasteiger partial charge < -0.3 is 10.1 Å². The van der Waals surface area contributed by atoms with Crippen molar-refractivity contribution in [2.24, 2.45) is 0 Å². The van der Waals surface area contributed by atoms with E-state index in [-0.39, 0.29) is 11.4 Å². The van der Waals surface area contributed by atoms with Crippen molar-refractivity contribution in [1.82, 2.24) is 9.62 Å². The molecule has 1 aliphatic heterocycles. The zero-order valence-corrected chi connectivity index (χ0v) is 17.5. The van der Waals surface area contributed by atoms with Crippen LogP contribution >= 0.6 is 0 Å². The number of amides is 1. The summed E-state index contributed by atoms with van der Waals surface area (Å²) in [6, 6.07) is 12.3. The Labute approximate surface area is 176 Å². The van der Waals surface area contributed by atoms with Crippen LogP contribution in [0.25, 0.3) is 0 Å². The predicted molar refractivity (Wildman–Crippen MR) is 110 cm³/mol. The molecular formula is C22H24N2O5S. The Bertz CT molecular complexity index is 1070. The van der Waals surface area contributed by atoms with Crippen molar-refractivity contribution in [2.45, 2.75) is 42.7 Å². The fourth-order valence-electron chi connectivity index (χ4n) is 4.04. The van der Waals surface area contributed by atoms with E-state index in [1.54, 1.807) is 18.2 Å². The molecule has 2 atom stereocenters. The summed E-state index contributed by atoms with van der Waals surface area (Å²) in [5, 5.41) is 2.74. The van der Waals surface area contributed by atoms with Gasteiger partial charge in [-0.25, -0.2) is 13.2 Å². The van der Waals surface area contributed by atoms with E-state index < -0.39 is 34.0 Å². The second-order valence-electron chi connectivity index (χ2n) is 7.61. The Morgan fingerprint density at radius 3 is 2.67 bits per heavy atom. The van der Waals surface area contributed by atoms with Crippen LogP contribution in [0.15, 0.2) is 53.4 Å². The molecule has 1 fully saturated rings. The Morgan fingerprint density at radius 1 is 1.17 bits per heavy atom. The number of nitrogens with one attached hydrogen (secondary N) is 1. The van der Waals surface area contributed by atoms with Gasteiger partial charge in [-0.15, -0.1) is 0 Å². The van der Waals surface area contributed by atoms with Gasteiger partial charge in [-0.2, -0.15) is 4.31 Å². The monoisotopic (exact) mass is 428 g/mol. The molecule has 0 spiro atoms. The lowest BCUT2D eigenvalue weighted by atomic mass is 10.0. The van der Waals surface area contributed by atoms with Crippen molar-refractivity contribution in [3.05, 3.63) is 65.2 Å². The zero-order valence-electron chi connectivity index (χ0n) is 16.7. The van der Waals surface area contributed by atoms with Gasteiger partial charge in [0.2, 0.25) is 15.9 Å². The number of fused-ring (bicyclic) bond motifs is 1. The SMILES string of the molecule is COC(=O)[C@H](Cc1cccc2c1C2)NC(=O)[C@@H]1CCCN1S(=O)(=O)c1ccccc1. The summed E-state index contributed by atoms with van der Waals surface area (Å²) in [6.07, 6.45) is 2.21. The van der Waals surface area contributed by atoms with Crippen LogP contribution in [0.1, 0.15) is 29.5 Å². The van der Waals surface area contributed by atoms with Crippen molar-refractivity contribution in [3.8, 4) is 0 Å². The number of carbonyl (C=O) groups excluding carboxylic acids is 2. The van der Waals surface area contributed by atoms with Gasteiger partial charge in [-0.3, -0.25) is 4.79 Å². The van der Waals surface area contributed by atoms with E-state index in [0.717, 1.165) is 12.0 Å². The third kappa shape index (κ3) is 3.97. The lowest BCUT2D eigenvalue weighted by molar-refractivity contribution is -0.145. The number of esters is 1. The Balaban J connectivity index is 1.52. The molecule has 1 N–H and O–H groups in total. The molecule has 158 valence electrons.